The van der Waals surface area contributed by atoms with Crippen molar-refractivity contribution in [3.05, 3.63) is 65.6 Å². The maximum atomic E-state index is 9.90. The molecule has 4 aromatic rings. The van der Waals surface area contributed by atoms with Gasteiger partial charge in [0.15, 0.2) is 0 Å². The third-order valence-electron chi connectivity index (χ3n) is 7.23. The van der Waals surface area contributed by atoms with Crippen LogP contribution in [-0.4, -0.2) is 52.3 Å². The van der Waals surface area contributed by atoms with Crippen LogP contribution >= 0.6 is 0 Å². The standard InChI is InChI=1S/C29H35N7O2/c1-4-20-12-22(37)5-6-25(20)35-29(30)24-16-34-36-17-21(23-15-32-27(38-3)11-18(23)2)13-26(36)28(24)33-14-19-7-9-31-10-8-19/h5-6,11-13,15-17,19,31,33,37H,4,7-10,14H2,1-3H3,(H2,30,35). The minimum absolute atomic E-state index is 0.218. The SMILES string of the molecule is CCc1cc(O)ccc1/N=C(\N)c1cnn2cc(-c3cnc(OC)cc3C)cc2c1NCC1CCNCC1. The Kier molecular flexibility index (Phi) is 7.46. The summed E-state index contributed by atoms with van der Waals surface area (Å²) in [5.74, 6) is 1.75. The molecule has 4 heterocycles. The van der Waals surface area contributed by atoms with Crippen LogP contribution in [0.15, 0.2) is 53.9 Å². The molecule has 1 saturated heterocycles. The molecule has 38 heavy (non-hydrogen) atoms. The smallest absolute Gasteiger partial charge is 0.213 e. The summed E-state index contributed by atoms with van der Waals surface area (Å²) in [6.45, 7) is 6.99. The summed E-state index contributed by atoms with van der Waals surface area (Å²) < 4.78 is 7.16. The maximum absolute atomic E-state index is 9.90. The Morgan fingerprint density at radius 1 is 1.24 bits per heavy atom. The van der Waals surface area contributed by atoms with Gasteiger partial charge in [0.1, 0.15) is 11.6 Å². The van der Waals surface area contributed by atoms with E-state index in [1.54, 1.807) is 31.5 Å². The lowest BCUT2D eigenvalue weighted by molar-refractivity contribution is 0.390. The number of rotatable bonds is 8. The zero-order valence-electron chi connectivity index (χ0n) is 22.2. The second-order valence-corrected chi connectivity index (χ2v) is 9.77. The molecule has 0 bridgehead atoms. The number of aromatic nitrogens is 3. The number of benzene rings is 1. The highest BCUT2D eigenvalue weighted by Gasteiger charge is 2.19. The average Bonchev–Trinajstić information content (AvgIpc) is 3.37. The van der Waals surface area contributed by atoms with Crippen LogP contribution in [0.4, 0.5) is 11.4 Å². The number of hydrogen-bond donors (Lipinski definition) is 4. The molecule has 1 fully saturated rings. The number of methoxy groups -OCH3 is 1. The van der Waals surface area contributed by atoms with E-state index in [1.165, 1.54) is 0 Å². The van der Waals surface area contributed by atoms with Gasteiger partial charge in [-0.15, -0.1) is 0 Å². The first-order valence-electron chi connectivity index (χ1n) is 13.1. The number of pyridine rings is 1. The van der Waals surface area contributed by atoms with Crippen molar-refractivity contribution in [3.8, 4) is 22.8 Å². The molecule has 0 atom stereocenters. The lowest BCUT2D eigenvalue weighted by Gasteiger charge is -2.24. The van der Waals surface area contributed by atoms with Gasteiger partial charge in [-0.25, -0.2) is 14.5 Å². The first kappa shape index (κ1) is 25.5. The van der Waals surface area contributed by atoms with E-state index in [9.17, 15) is 5.11 Å². The number of aromatic hydroxyl groups is 1. The zero-order chi connectivity index (χ0) is 26.6. The summed E-state index contributed by atoms with van der Waals surface area (Å²) in [6, 6.07) is 9.20. The number of nitrogens with one attached hydrogen (secondary N) is 2. The molecule has 0 spiro atoms. The van der Waals surface area contributed by atoms with Gasteiger partial charge in [-0.3, -0.25) is 0 Å². The third-order valence-corrected chi connectivity index (χ3v) is 7.23. The molecule has 3 aromatic heterocycles. The molecule has 1 aromatic carbocycles. The van der Waals surface area contributed by atoms with Crippen molar-refractivity contribution in [2.24, 2.45) is 16.6 Å². The normalized spacial score (nSPS) is 14.7. The first-order chi connectivity index (χ1) is 18.5. The van der Waals surface area contributed by atoms with Crippen LogP contribution in [-0.2, 0) is 6.42 Å². The molecular weight excluding hydrogens is 478 g/mol. The Morgan fingerprint density at radius 3 is 2.79 bits per heavy atom. The fourth-order valence-electron chi connectivity index (χ4n) is 5.01. The number of amidine groups is 1. The molecule has 0 radical (unpaired) electrons. The summed E-state index contributed by atoms with van der Waals surface area (Å²) in [5, 5.41) is 21.7. The summed E-state index contributed by atoms with van der Waals surface area (Å²) >= 11 is 0. The molecule has 0 amide bonds. The van der Waals surface area contributed by atoms with Gasteiger partial charge < -0.3 is 26.2 Å². The summed E-state index contributed by atoms with van der Waals surface area (Å²) in [7, 11) is 1.62. The largest absolute Gasteiger partial charge is 0.508 e. The van der Waals surface area contributed by atoms with Crippen LogP contribution in [0.25, 0.3) is 16.6 Å². The van der Waals surface area contributed by atoms with E-state index < -0.39 is 0 Å². The van der Waals surface area contributed by atoms with E-state index in [1.807, 2.05) is 36.8 Å². The van der Waals surface area contributed by atoms with Gasteiger partial charge in [-0.2, -0.15) is 5.10 Å². The second-order valence-electron chi connectivity index (χ2n) is 9.77. The second kappa shape index (κ2) is 11.1. The van der Waals surface area contributed by atoms with Crippen molar-refractivity contribution in [2.45, 2.75) is 33.1 Å². The highest BCUT2D eigenvalue weighted by Crippen LogP contribution is 2.32. The number of phenolic OH excluding ortho intramolecular Hbond substituents is 1. The van der Waals surface area contributed by atoms with Gasteiger partial charge in [0.25, 0.3) is 0 Å². The van der Waals surface area contributed by atoms with Gasteiger partial charge in [-0.1, -0.05) is 6.92 Å². The quantitative estimate of drug-likeness (QED) is 0.203. The highest BCUT2D eigenvalue weighted by atomic mass is 16.5. The van der Waals surface area contributed by atoms with Crippen molar-refractivity contribution < 1.29 is 9.84 Å². The molecule has 1 aliphatic heterocycles. The number of aliphatic imine (C=N–C) groups is 1. The summed E-state index contributed by atoms with van der Waals surface area (Å²) in [4.78, 5) is 9.17. The molecule has 0 aliphatic carbocycles. The summed E-state index contributed by atoms with van der Waals surface area (Å²) in [6.07, 6.45) is 8.60. The van der Waals surface area contributed by atoms with E-state index in [4.69, 9.17) is 15.5 Å². The number of hydrogen-bond acceptors (Lipinski definition) is 7. The van der Waals surface area contributed by atoms with Crippen LogP contribution in [0.3, 0.4) is 0 Å². The number of piperidine rings is 1. The number of phenols is 1. The number of nitrogens with zero attached hydrogens (tertiary/aromatic N) is 4. The molecule has 198 valence electrons. The Hall–Kier alpha value is -4.11. The topological polar surface area (TPSA) is 122 Å². The summed E-state index contributed by atoms with van der Waals surface area (Å²) in [5.41, 5.74) is 14.0. The molecule has 0 saturated carbocycles. The molecule has 5 N–H and O–H groups in total. The fourth-order valence-corrected chi connectivity index (χ4v) is 5.01. The molecule has 1 aliphatic rings. The molecule has 9 nitrogen and oxygen atoms in total. The molecule has 9 heteroatoms. The molecular formula is C29H35N7O2. The number of nitrogens with two attached hydrogens (primary N) is 1. The van der Waals surface area contributed by atoms with E-state index in [-0.39, 0.29) is 5.75 Å². The molecule has 5 rings (SSSR count). The Morgan fingerprint density at radius 2 is 2.05 bits per heavy atom. The van der Waals surface area contributed by atoms with Crippen molar-refractivity contribution in [2.75, 3.05) is 32.1 Å². The third kappa shape index (κ3) is 5.28. The van der Waals surface area contributed by atoms with Crippen molar-refractivity contribution in [1.82, 2.24) is 19.9 Å². The monoisotopic (exact) mass is 513 g/mol. The van der Waals surface area contributed by atoms with Crippen LogP contribution in [0.2, 0.25) is 0 Å². The number of anilines is 1. The fraction of sp³-hybridized carbons (Fsp3) is 0.345. The van der Waals surface area contributed by atoms with E-state index in [0.29, 0.717) is 17.6 Å². The minimum atomic E-state index is 0.218. The average molecular weight is 514 g/mol. The Balaban J connectivity index is 1.58. The van der Waals surface area contributed by atoms with Crippen LogP contribution in [0.5, 0.6) is 11.6 Å². The predicted octanol–water partition coefficient (Wildman–Crippen LogP) is 4.43. The number of aryl methyl sites for hydroxylation is 2. The minimum Gasteiger partial charge on any atom is -0.508 e. The van der Waals surface area contributed by atoms with Gasteiger partial charge in [0.05, 0.1) is 35.8 Å². The van der Waals surface area contributed by atoms with Crippen molar-refractivity contribution in [1.29, 1.82) is 0 Å². The van der Waals surface area contributed by atoms with Crippen LogP contribution in [0, 0.1) is 12.8 Å². The Bertz CT molecular complexity index is 1470. The zero-order valence-corrected chi connectivity index (χ0v) is 22.2. The van der Waals surface area contributed by atoms with Gasteiger partial charge in [-0.05, 0) is 80.6 Å². The molecule has 0 unspecified atom stereocenters. The van der Waals surface area contributed by atoms with Crippen molar-refractivity contribution >= 4 is 22.7 Å². The van der Waals surface area contributed by atoms with Gasteiger partial charge in [0, 0.05) is 36.1 Å². The predicted molar refractivity (Wildman–Crippen MR) is 152 cm³/mol. The van der Waals surface area contributed by atoms with Crippen molar-refractivity contribution in [3.63, 3.8) is 0 Å². The number of fused-ring (bicyclic) bond motifs is 1. The lowest BCUT2D eigenvalue weighted by Crippen LogP contribution is -2.31. The van der Waals surface area contributed by atoms with E-state index in [2.05, 4.69) is 26.8 Å². The van der Waals surface area contributed by atoms with Crippen LogP contribution < -0.4 is 21.1 Å². The van der Waals surface area contributed by atoms with Gasteiger partial charge in [0.2, 0.25) is 5.88 Å². The van der Waals surface area contributed by atoms with E-state index >= 15 is 0 Å². The Labute approximate surface area is 222 Å². The first-order valence-corrected chi connectivity index (χ1v) is 13.1. The van der Waals surface area contributed by atoms with Gasteiger partial charge >= 0.3 is 0 Å². The van der Waals surface area contributed by atoms with Crippen LogP contribution in [0.1, 0.15) is 36.5 Å². The maximum Gasteiger partial charge on any atom is 0.213 e. The highest BCUT2D eigenvalue weighted by molar-refractivity contribution is 6.06. The number of ether oxygens (including phenoxy) is 1. The van der Waals surface area contributed by atoms with E-state index in [0.717, 1.165) is 83.6 Å². The lowest BCUT2D eigenvalue weighted by atomic mass is 9.98.